The van der Waals surface area contributed by atoms with E-state index in [-0.39, 0.29) is 0 Å². The smallest absolute Gasteiger partial charge is 0.117 e. The molecule has 0 aliphatic rings. The Balaban J connectivity index is 3.18. The first kappa shape index (κ1) is 7.54. The maximum absolute atomic E-state index is 3.79. The summed E-state index contributed by atoms with van der Waals surface area (Å²) in [6.07, 6.45) is 2.19. The number of rotatable bonds is 3. The molecule has 0 saturated carbocycles. The first-order chi connectivity index (χ1) is 3.63. The second-order valence-corrected chi connectivity index (χ2v) is 2.41. The van der Waals surface area contributed by atoms with Gasteiger partial charge in [0.1, 0.15) is 7.85 Å². The minimum Gasteiger partial charge on any atom is -0.117 e. The van der Waals surface area contributed by atoms with Gasteiger partial charge in [-0.1, -0.05) is 5.57 Å². The van der Waals surface area contributed by atoms with Gasteiger partial charge in [0.05, 0.1) is 0 Å². The molecule has 0 atom stereocenters. The molecule has 8 heavy (non-hydrogen) atoms. The second-order valence-electron chi connectivity index (χ2n) is 2.41. The molecule has 0 heterocycles. The van der Waals surface area contributed by atoms with Crippen molar-refractivity contribution in [1.29, 1.82) is 0 Å². The summed E-state index contributed by atoms with van der Waals surface area (Å²) in [6, 6.07) is 0. The Labute approximate surface area is 52.7 Å². The lowest BCUT2D eigenvalue weighted by molar-refractivity contribution is 0.972. The van der Waals surface area contributed by atoms with Crippen molar-refractivity contribution in [1.82, 2.24) is 0 Å². The molecule has 0 aromatic rings. The molecule has 0 aromatic heterocycles. The third-order valence-electron chi connectivity index (χ3n) is 0.979. The Bertz CT molecular complexity index is 89.0. The van der Waals surface area contributed by atoms with E-state index in [9.17, 15) is 0 Å². The van der Waals surface area contributed by atoms with Crippen LogP contribution in [0, 0.1) is 0 Å². The lowest BCUT2D eigenvalue weighted by Crippen LogP contribution is -1.79. The molecule has 0 N–H and O–H groups in total. The highest BCUT2D eigenvalue weighted by Gasteiger charge is 1.85. The Morgan fingerprint density at radius 2 is 1.88 bits per heavy atom. The Hall–Kier alpha value is -0.455. The molecule has 0 spiro atoms. The number of hydrogen-bond donors (Lipinski definition) is 0. The van der Waals surface area contributed by atoms with Gasteiger partial charge < -0.3 is 0 Å². The summed E-state index contributed by atoms with van der Waals surface area (Å²) in [5.74, 6) is 0. The third kappa shape index (κ3) is 5.54. The SMILES string of the molecule is BC(=C)CCC(=C)C. The van der Waals surface area contributed by atoms with E-state index in [4.69, 9.17) is 0 Å². The van der Waals surface area contributed by atoms with Gasteiger partial charge in [0, 0.05) is 0 Å². The van der Waals surface area contributed by atoms with Crippen LogP contribution >= 0.6 is 0 Å². The minimum absolute atomic E-state index is 1.09. The van der Waals surface area contributed by atoms with Gasteiger partial charge in [-0.25, -0.2) is 0 Å². The zero-order valence-electron chi connectivity index (χ0n) is 5.83. The van der Waals surface area contributed by atoms with Gasteiger partial charge in [-0.2, -0.15) is 0 Å². The van der Waals surface area contributed by atoms with E-state index in [0.717, 1.165) is 12.8 Å². The molecule has 0 amide bonds. The van der Waals surface area contributed by atoms with E-state index in [2.05, 4.69) is 13.2 Å². The summed E-state index contributed by atoms with van der Waals surface area (Å²) in [5, 5.41) is 0. The zero-order chi connectivity index (χ0) is 6.57. The van der Waals surface area contributed by atoms with Crippen LogP contribution in [0.5, 0.6) is 0 Å². The highest BCUT2D eigenvalue weighted by molar-refractivity contribution is 6.21. The lowest BCUT2D eigenvalue weighted by atomic mass is 9.92. The minimum atomic E-state index is 1.09. The summed E-state index contributed by atoms with van der Waals surface area (Å²) in [6.45, 7) is 9.62. The largest absolute Gasteiger partial charge is 0.133 e. The summed E-state index contributed by atoms with van der Waals surface area (Å²) in [7, 11) is 2.04. The van der Waals surface area contributed by atoms with Crippen LogP contribution in [-0.4, -0.2) is 7.85 Å². The fourth-order valence-corrected chi connectivity index (χ4v) is 0.427. The standard InChI is InChI=1S/C7H13B/c1-6(2)4-5-7(3)8/h1,3-5,8H2,2H3. The van der Waals surface area contributed by atoms with Crippen LogP contribution in [0.3, 0.4) is 0 Å². The average molecular weight is 108 g/mol. The highest BCUT2D eigenvalue weighted by Crippen LogP contribution is 2.03. The van der Waals surface area contributed by atoms with Crippen molar-refractivity contribution in [3.63, 3.8) is 0 Å². The quantitative estimate of drug-likeness (QED) is 0.379. The molecule has 0 fully saturated rings. The van der Waals surface area contributed by atoms with Crippen LogP contribution in [0.4, 0.5) is 0 Å². The number of hydrogen-bond acceptors (Lipinski definition) is 0. The van der Waals surface area contributed by atoms with E-state index in [1.807, 2.05) is 14.8 Å². The topological polar surface area (TPSA) is 0 Å². The van der Waals surface area contributed by atoms with Crippen LogP contribution < -0.4 is 0 Å². The molecular formula is C7H13B. The molecule has 0 rings (SSSR count). The van der Waals surface area contributed by atoms with E-state index in [0.29, 0.717) is 0 Å². The van der Waals surface area contributed by atoms with Crippen molar-refractivity contribution < 1.29 is 0 Å². The highest BCUT2D eigenvalue weighted by atomic mass is 13.9. The van der Waals surface area contributed by atoms with Crippen molar-refractivity contribution in [2.24, 2.45) is 0 Å². The lowest BCUT2D eigenvalue weighted by Gasteiger charge is -1.95. The third-order valence-corrected chi connectivity index (χ3v) is 0.979. The Kier molecular flexibility index (Phi) is 3.33. The monoisotopic (exact) mass is 108 g/mol. The van der Waals surface area contributed by atoms with Crippen LogP contribution in [0.1, 0.15) is 19.8 Å². The van der Waals surface area contributed by atoms with E-state index < -0.39 is 0 Å². The molecule has 44 valence electrons. The average Bonchev–Trinajstić information content (AvgIpc) is 1.61. The molecule has 0 aliphatic heterocycles. The van der Waals surface area contributed by atoms with Crippen LogP contribution in [-0.2, 0) is 0 Å². The zero-order valence-corrected chi connectivity index (χ0v) is 5.83. The molecule has 0 unspecified atom stereocenters. The van der Waals surface area contributed by atoms with Crippen molar-refractivity contribution in [2.45, 2.75) is 19.8 Å². The maximum atomic E-state index is 3.79. The van der Waals surface area contributed by atoms with Crippen molar-refractivity contribution in [2.75, 3.05) is 0 Å². The van der Waals surface area contributed by atoms with E-state index in [1.54, 1.807) is 0 Å². The summed E-state index contributed by atoms with van der Waals surface area (Å²) in [4.78, 5) is 0. The fourth-order valence-electron chi connectivity index (χ4n) is 0.427. The van der Waals surface area contributed by atoms with Gasteiger partial charge in [-0.15, -0.1) is 18.6 Å². The number of allylic oxidation sites excluding steroid dienone is 2. The van der Waals surface area contributed by atoms with Gasteiger partial charge in [0.2, 0.25) is 0 Å². The summed E-state index contributed by atoms with van der Waals surface area (Å²) < 4.78 is 0. The second kappa shape index (κ2) is 3.53. The molecule has 0 bridgehead atoms. The van der Waals surface area contributed by atoms with Crippen molar-refractivity contribution >= 4 is 7.85 Å². The molecule has 0 nitrogen and oxygen atoms in total. The maximum Gasteiger partial charge on any atom is 0.133 e. The van der Waals surface area contributed by atoms with Gasteiger partial charge in [0.25, 0.3) is 0 Å². The predicted molar refractivity (Wildman–Crippen MR) is 41.7 cm³/mol. The van der Waals surface area contributed by atoms with Crippen molar-refractivity contribution in [3.05, 3.63) is 24.2 Å². The molecule has 0 radical (unpaired) electrons. The van der Waals surface area contributed by atoms with Gasteiger partial charge in [0.15, 0.2) is 0 Å². The van der Waals surface area contributed by atoms with Crippen LogP contribution in [0.25, 0.3) is 0 Å². The van der Waals surface area contributed by atoms with Gasteiger partial charge >= 0.3 is 0 Å². The predicted octanol–water partition coefficient (Wildman–Crippen LogP) is 1.49. The summed E-state index contributed by atoms with van der Waals surface area (Å²) >= 11 is 0. The fraction of sp³-hybridized carbons (Fsp3) is 0.429. The van der Waals surface area contributed by atoms with E-state index >= 15 is 0 Å². The van der Waals surface area contributed by atoms with Gasteiger partial charge in [-0.05, 0) is 19.8 Å². The molecule has 0 saturated heterocycles. The van der Waals surface area contributed by atoms with Crippen LogP contribution in [0.15, 0.2) is 24.2 Å². The molecule has 0 aliphatic carbocycles. The van der Waals surface area contributed by atoms with Gasteiger partial charge in [-0.3, -0.25) is 0 Å². The van der Waals surface area contributed by atoms with E-state index in [1.165, 1.54) is 11.0 Å². The molecule has 1 heteroatoms. The molecule has 0 aromatic carbocycles. The Morgan fingerprint density at radius 1 is 1.38 bits per heavy atom. The Morgan fingerprint density at radius 3 is 2.00 bits per heavy atom. The molecular weight excluding hydrogens is 94.9 g/mol. The first-order valence-corrected chi connectivity index (χ1v) is 2.91. The first-order valence-electron chi connectivity index (χ1n) is 2.91. The van der Waals surface area contributed by atoms with Crippen molar-refractivity contribution in [3.8, 4) is 0 Å². The normalized spacial score (nSPS) is 8.62. The summed E-state index contributed by atoms with van der Waals surface area (Å²) in [5.41, 5.74) is 2.49. The van der Waals surface area contributed by atoms with Crippen LogP contribution in [0.2, 0.25) is 0 Å².